The minimum Gasteiger partial charge on any atom is -0.423 e. The average molecular weight is 324 g/mol. The van der Waals surface area contributed by atoms with Gasteiger partial charge in [0.15, 0.2) is 0 Å². The highest BCUT2D eigenvalue weighted by molar-refractivity contribution is 6.42. The zero-order valence-electron chi connectivity index (χ0n) is 11.0. The van der Waals surface area contributed by atoms with Gasteiger partial charge in [-0.2, -0.15) is 0 Å². The fourth-order valence-electron chi connectivity index (χ4n) is 1.60. The fraction of sp³-hybridized carbons (Fsp3) is 0.0667. The highest BCUT2D eigenvalue weighted by Gasteiger charge is 2.10. The minimum absolute atomic E-state index is 0.180. The average Bonchev–Trinajstić information content (AvgIpc) is 2.43. The van der Waals surface area contributed by atoms with E-state index in [4.69, 9.17) is 27.9 Å². The first-order valence-electron chi connectivity index (χ1n) is 6.00. The third-order valence-corrected chi connectivity index (χ3v) is 3.28. The van der Waals surface area contributed by atoms with Crippen LogP contribution in [0.4, 0.5) is 5.69 Å². The van der Waals surface area contributed by atoms with Crippen LogP contribution in [0.15, 0.2) is 42.5 Å². The molecule has 0 radical (unpaired) electrons. The van der Waals surface area contributed by atoms with E-state index in [0.717, 1.165) is 0 Å². The molecule has 21 heavy (non-hydrogen) atoms. The number of ether oxygens (including phenoxy) is 1. The summed E-state index contributed by atoms with van der Waals surface area (Å²) in [5.41, 5.74) is 0.962. The number of esters is 1. The number of benzene rings is 2. The molecule has 0 aliphatic heterocycles. The highest BCUT2D eigenvalue weighted by atomic mass is 35.5. The van der Waals surface area contributed by atoms with E-state index in [1.165, 1.54) is 13.0 Å². The zero-order chi connectivity index (χ0) is 15.4. The number of hydrogen-bond acceptors (Lipinski definition) is 3. The predicted octanol–water partition coefficient (Wildman–Crippen LogP) is 4.17. The van der Waals surface area contributed by atoms with E-state index < -0.39 is 5.97 Å². The van der Waals surface area contributed by atoms with Crippen LogP contribution in [0.2, 0.25) is 10.0 Å². The molecule has 1 N–H and O–H groups in total. The second-order valence-electron chi connectivity index (χ2n) is 4.22. The molecule has 2 rings (SSSR count). The molecule has 0 spiro atoms. The first-order valence-corrected chi connectivity index (χ1v) is 6.76. The zero-order valence-corrected chi connectivity index (χ0v) is 12.5. The van der Waals surface area contributed by atoms with Crippen molar-refractivity contribution in [2.24, 2.45) is 0 Å². The van der Waals surface area contributed by atoms with Crippen LogP contribution in [0, 0.1) is 0 Å². The number of carbonyl (C=O) groups is 2. The van der Waals surface area contributed by atoms with Crippen molar-refractivity contribution >= 4 is 40.8 Å². The second kappa shape index (κ2) is 6.61. The Bertz CT molecular complexity index is 684. The normalized spacial score (nSPS) is 10.0. The summed E-state index contributed by atoms with van der Waals surface area (Å²) in [6, 6.07) is 10.9. The quantitative estimate of drug-likeness (QED) is 0.681. The Labute approximate surface area is 131 Å². The van der Waals surface area contributed by atoms with Crippen LogP contribution in [0.25, 0.3) is 0 Å². The molecule has 108 valence electrons. The number of nitrogens with one attached hydrogen (secondary N) is 1. The van der Waals surface area contributed by atoms with Crippen LogP contribution in [0.5, 0.6) is 5.75 Å². The van der Waals surface area contributed by atoms with Gasteiger partial charge < -0.3 is 10.1 Å². The van der Waals surface area contributed by atoms with Gasteiger partial charge in [-0.1, -0.05) is 23.2 Å². The van der Waals surface area contributed by atoms with E-state index in [2.05, 4.69) is 5.32 Å². The third-order valence-electron chi connectivity index (χ3n) is 2.54. The molecule has 4 nitrogen and oxygen atoms in total. The topological polar surface area (TPSA) is 55.4 Å². The summed E-state index contributed by atoms with van der Waals surface area (Å²) in [6.07, 6.45) is 0. The summed E-state index contributed by atoms with van der Waals surface area (Å²) in [5.74, 6) is -0.399. The molecule has 2 aromatic carbocycles. The van der Waals surface area contributed by atoms with Crippen LogP contribution >= 0.6 is 23.2 Å². The largest absolute Gasteiger partial charge is 0.423 e. The van der Waals surface area contributed by atoms with Gasteiger partial charge in [0, 0.05) is 18.7 Å². The van der Waals surface area contributed by atoms with Gasteiger partial charge in [0.05, 0.1) is 15.6 Å². The number of amides is 1. The Morgan fingerprint density at radius 3 is 2.24 bits per heavy atom. The standard InChI is InChI=1S/C15H11Cl2NO3/c1-9(19)18-11-4-2-10(3-5-11)15(20)21-12-6-7-13(16)14(17)8-12/h2-8H,1H3,(H,18,19). The van der Waals surface area contributed by atoms with Gasteiger partial charge in [-0.25, -0.2) is 4.79 Å². The highest BCUT2D eigenvalue weighted by Crippen LogP contribution is 2.26. The minimum atomic E-state index is -0.525. The summed E-state index contributed by atoms with van der Waals surface area (Å²) < 4.78 is 5.19. The Balaban J connectivity index is 2.09. The van der Waals surface area contributed by atoms with Crippen LogP contribution in [0.1, 0.15) is 17.3 Å². The van der Waals surface area contributed by atoms with E-state index in [1.54, 1.807) is 36.4 Å². The first-order chi connectivity index (χ1) is 9.95. The van der Waals surface area contributed by atoms with Crippen molar-refractivity contribution in [3.05, 3.63) is 58.1 Å². The van der Waals surface area contributed by atoms with Crippen molar-refractivity contribution < 1.29 is 14.3 Å². The van der Waals surface area contributed by atoms with Crippen LogP contribution in [-0.2, 0) is 4.79 Å². The lowest BCUT2D eigenvalue weighted by Crippen LogP contribution is -2.09. The molecule has 0 unspecified atom stereocenters. The Morgan fingerprint density at radius 1 is 1.00 bits per heavy atom. The summed E-state index contributed by atoms with van der Waals surface area (Å²) in [4.78, 5) is 22.9. The summed E-state index contributed by atoms with van der Waals surface area (Å²) >= 11 is 11.6. The van der Waals surface area contributed by atoms with Crippen molar-refractivity contribution in [3.8, 4) is 5.75 Å². The predicted molar refractivity (Wildman–Crippen MR) is 82.2 cm³/mol. The molecule has 0 fully saturated rings. The van der Waals surface area contributed by atoms with Crippen LogP contribution in [0.3, 0.4) is 0 Å². The molecular weight excluding hydrogens is 313 g/mol. The molecule has 1 amide bonds. The second-order valence-corrected chi connectivity index (χ2v) is 5.04. The van der Waals surface area contributed by atoms with E-state index in [0.29, 0.717) is 27.0 Å². The van der Waals surface area contributed by atoms with Gasteiger partial charge >= 0.3 is 5.97 Å². The number of halogens is 2. The van der Waals surface area contributed by atoms with Gasteiger partial charge in [-0.15, -0.1) is 0 Å². The maximum Gasteiger partial charge on any atom is 0.343 e. The SMILES string of the molecule is CC(=O)Nc1ccc(C(=O)Oc2ccc(Cl)c(Cl)c2)cc1. The number of anilines is 1. The number of hydrogen-bond donors (Lipinski definition) is 1. The molecule has 0 aromatic heterocycles. The monoisotopic (exact) mass is 323 g/mol. The van der Waals surface area contributed by atoms with Crippen LogP contribution < -0.4 is 10.1 Å². The molecule has 0 saturated carbocycles. The Morgan fingerprint density at radius 2 is 1.67 bits per heavy atom. The fourth-order valence-corrected chi connectivity index (χ4v) is 1.89. The Hall–Kier alpha value is -2.04. The van der Waals surface area contributed by atoms with Crippen molar-refractivity contribution in [3.63, 3.8) is 0 Å². The van der Waals surface area contributed by atoms with Crippen LogP contribution in [-0.4, -0.2) is 11.9 Å². The lowest BCUT2D eigenvalue weighted by molar-refractivity contribution is -0.114. The van der Waals surface area contributed by atoms with Crippen molar-refractivity contribution in [1.82, 2.24) is 0 Å². The van der Waals surface area contributed by atoms with E-state index >= 15 is 0 Å². The van der Waals surface area contributed by atoms with Crippen molar-refractivity contribution in [2.75, 3.05) is 5.32 Å². The molecule has 0 saturated heterocycles. The third kappa shape index (κ3) is 4.21. The summed E-state index contributed by atoms with van der Waals surface area (Å²) in [5, 5.41) is 3.30. The number of carbonyl (C=O) groups excluding carboxylic acids is 2. The lowest BCUT2D eigenvalue weighted by atomic mass is 10.2. The summed E-state index contributed by atoms with van der Waals surface area (Å²) in [7, 11) is 0. The van der Waals surface area contributed by atoms with Gasteiger partial charge in [-0.05, 0) is 36.4 Å². The number of rotatable bonds is 3. The van der Waals surface area contributed by atoms with Crippen molar-refractivity contribution in [1.29, 1.82) is 0 Å². The van der Waals surface area contributed by atoms with Gasteiger partial charge in [-0.3, -0.25) is 4.79 Å². The molecule has 0 heterocycles. The molecule has 0 aliphatic carbocycles. The van der Waals surface area contributed by atoms with E-state index in [1.807, 2.05) is 0 Å². The lowest BCUT2D eigenvalue weighted by Gasteiger charge is -2.06. The smallest absolute Gasteiger partial charge is 0.343 e. The van der Waals surface area contributed by atoms with Gasteiger partial charge in [0.25, 0.3) is 0 Å². The van der Waals surface area contributed by atoms with E-state index in [9.17, 15) is 9.59 Å². The maximum absolute atomic E-state index is 12.0. The Kier molecular flexibility index (Phi) is 4.83. The van der Waals surface area contributed by atoms with Gasteiger partial charge in [0.1, 0.15) is 5.75 Å². The van der Waals surface area contributed by atoms with Gasteiger partial charge in [0.2, 0.25) is 5.91 Å². The molecule has 6 heteroatoms. The molecule has 0 aliphatic rings. The molecular formula is C15H11Cl2NO3. The molecule has 2 aromatic rings. The molecule has 0 atom stereocenters. The summed E-state index contributed by atoms with van der Waals surface area (Å²) in [6.45, 7) is 1.41. The molecule has 0 bridgehead atoms. The maximum atomic E-state index is 12.0. The van der Waals surface area contributed by atoms with Crippen molar-refractivity contribution in [2.45, 2.75) is 6.92 Å². The first kappa shape index (κ1) is 15.4. The van der Waals surface area contributed by atoms with E-state index in [-0.39, 0.29) is 5.91 Å².